The molecule has 0 unspecified atom stereocenters. The van der Waals surface area contributed by atoms with E-state index in [1.165, 1.54) is 11.0 Å². The number of nitrogens with one attached hydrogen (secondary N) is 2. The fourth-order valence-corrected chi connectivity index (χ4v) is 2.52. The lowest BCUT2D eigenvalue weighted by molar-refractivity contribution is -0.116. The lowest BCUT2D eigenvalue weighted by Gasteiger charge is -2.10. The van der Waals surface area contributed by atoms with Crippen LogP contribution in [-0.4, -0.2) is 38.6 Å². The van der Waals surface area contributed by atoms with Gasteiger partial charge in [-0.05, 0) is 53.6 Å². The third kappa shape index (κ3) is 4.97. The summed E-state index contributed by atoms with van der Waals surface area (Å²) in [5, 5.41) is 16.8. The zero-order valence-electron chi connectivity index (χ0n) is 14.9. The number of aryl methyl sites for hydroxylation is 1. The highest BCUT2D eigenvalue weighted by Gasteiger charge is 2.08. The molecule has 0 fully saturated rings. The maximum atomic E-state index is 12.2. The smallest absolute Gasteiger partial charge is 0.251 e. The Labute approximate surface area is 156 Å². The minimum atomic E-state index is -0.138. The first-order valence-corrected chi connectivity index (χ1v) is 8.60. The number of anilines is 1. The molecule has 0 bridgehead atoms. The molecular formula is C19H20N6O2. The second-order valence-electron chi connectivity index (χ2n) is 6.03. The second kappa shape index (κ2) is 8.70. The Morgan fingerprint density at radius 3 is 2.67 bits per heavy atom. The van der Waals surface area contributed by atoms with Crippen molar-refractivity contribution in [3.05, 3.63) is 66.0 Å². The molecule has 2 N–H and O–H groups in total. The first-order valence-electron chi connectivity index (χ1n) is 8.60. The predicted octanol–water partition coefficient (Wildman–Crippen LogP) is 2.12. The first kappa shape index (κ1) is 18.2. The molecule has 0 radical (unpaired) electrons. The summed E-state index contributed by atoms with van der Waals surface area (Å²) in [7, 11) is 0. The number of aromatic nitrogens is 4. The number of tetrazole rings is 1. The number of rotatable bonds is 7. The van der Waals surface area contributed by atoms with Crippen LogP contribution in [0.25, 0.3) is 5.69 Å². The van der Waals surface area contributed by atoms with E-state index in [0.717, 1.165) is 11.3 Å². The van der Waals surface area contributed by atoms with Gasteiger partial charge < -0.3 is 10.6 Å². The fourth-order valence-electron chi connectivity index (χ4n) is 2.52. The molecule has 0 saturated carbocycles. The van der Waals surface area contributed by atoms with Crippen LogP contribution in [0.1, 0.15) is 28.8 Å². The van der Waals surface area contributed by atoms with E-state index in [-0.39, 0.29) is 11.8 Å². The monoisotopic (exact) mass is 364 g/mol. The molecule has 0 atom stereocenters. The third-order valence-corrected chi connectivity index (χ3v) is 4.01. The van der Waals surface area contributed by atoms with Gasteiger partial charge in [-0.1, -0.05) is 24.3 Å². The van der Waals surface area contributed by atoms with Crippen LogP contribution in [0, 0.1) is 6.92 Å². The average molecular weight is 364 g/mol. The molecule has 2 aromatic carbocycles. The highest BCUT2D eigenvalue weighted by atomic mass is 16.2. The number of carbonyl (C=O) groups excluding carboxylic acids is 2. The van der Waals surface area contributed by atoms with Crippen LogP contribution in [0.5, 0.6) is 0 Å². The summed E-state index contributed by atoms with van der Waals surface area (Å²) in [6, 6.07) is 14.6. The molecule has 0 spiro atoms. The normalized spacial score (nSPS) is 10.4. The van der Waals surface area contributed by atoms with Gasteiger partial charge in [0.25, 0.3) is 5.91 Å². The van der Waals surface area contributed by atoms with Crippen molar-refractivity contribution in [1.82, 2.24) is 25.5 Å². The molecule has 2 amide bonds. The zero-order valence-corrected chi connectivity index (χ0v) is 14.9. The van der Waals surface area contributed by atoms with Gasteiger partial charge in [-0.15, -0.1) is 5.10 Å². The maximum Gasteiger partial charge on any atom is 0.251 e. The van der Waals surface area contributed by atoms with Crippen LogP contribution >= 0.6 is 0 Å². The van der Waals surface area contributed by atoms with Crippen LogP contribution in [0.4, 0.5) is 5.69 Å². The van der Waals surface area contributed by atoms with Crippen LogP contribution in [0.15, 0.2) is 54.9 Å². The summed E-state index contributed by atoms with van der Waals surface area (Å²) in [4.78, 5) is 24.2. The van der Waals surface area contributed by atoms with Gasteiger partial charge in [-0.3, -0.25) is 9.59 Å². The highest BCUT2D eigenvalue weighted by molar-refractivity contribution is 5.94. The molecule has 8 nitrogen and oxygen atoms in total. The molecule has 0 saturated heterocycles. The van der Waals surface area contributed by atoms with Crippen molar-refractivity contribution in [2.24, 2.45) is 0 Å². The van der Waals surface area contributed by atoms with E-state index >= 15 is 0 Å². The Morgan fingerprint density at radius 1 is 1.11 bits per heavy atom. The minimum Gasteiger partial charge on any atom is -0.352 e. The van der Waals surface area contributed by atoms with Crippen LogP contribution in [-0.2, 0) is 4.79 Å². The third-order valence-electron chi connectivity index (χ3n) is 4.01. The molecule has 3 aromatic rings. The Morgan fingerprint density at radius 2 is 1.93 bits per heavy atom. The van der Waals surface area contributed by atoms with Gasteiger partial charge in [0.2, 0.25) is 5.91 Å². The number of nitrogens with zero attached hydrogens (tertiary/aromatic N) is 4. The zero-order chi connectivity index (χ0) is 19.1. The van der Waals surface area contributed by atoms with Crippen LogP contribution in [0.3, 0.4) is 0 Å². The molecule has 0 aliphatic rings. The molecule has 0 aliphatic carbocycles. The van der Waals surface area contributed by atoms with Gasteiger partial charge in [0.1, 0.15) is 6.33 Å². The van der Waals surface area contributed by atoms with Crippen LogP contribution in [0.2, 0.25) is 0 Å². The Kier molecular flexibility index (Phi) is 5.88. The van der Waals surface area contributed by atoms with E-state index in [9.17, 15) is 9.59 Å². The molecule has 138 valence electrons. The Balaban J connectivity index is 1.48. The predicted molar refractivity (Wildman–Crippen MR) is 101 cm³/mol. The lowest BCUT2D eigenvalue weighted by Crippen LogP contribution is -2.25. The SMILES string of the molecule is Cc1ccc(-n2cnnn2)cc1NC(=O)CCCNC(=O)c1ccccc1. The summed E-state index contributed by atoms with van der Waals surface area (Å²) >= 11 is 0. The van der Waals surface area contributed by atoms with E-state index in [0.29, 0.717) is 30.6 Å². The summed E-state index contributed by atoms with van der Waals surface area (Å²) in [6.07, 6.45) is 2.35. The van der Waals surface area contributed by atoms with E-state index in [1.54, 1.807) is 12.1 Å². The van der Waals surface area contributed by atoms with Crippen molar-refractivity contribution in [2.45, 2.75) is 19.8 Å². The van der Waals surface area contributed by atoms with Gasteiger partial charge in [0.05, 0.1) is 5.69 Å². The number of hydrogen-bond donors (Lipinski definition) is 2. The molecule has 1 aromatic heterocycles. The Bertz CT molecular complexity index is 909. The van der Waals surface area contributed by atoms with Crippen molar-refractivity contribution < 1.29 is 9.59 Å². The number of hydrogen-bond acceptors (Lipinski definition) is 5. The minimum absolute atomic E-state index is 0.110. The highest BCUT2D eigenvalue weighted by Crippen LogP contribution is 2.19. The summed E-state index contributed by atoms with van der Waals surface area (Å²) in [5.74, 6) is -0.248. The first-order chi connectivity index (χ1) is 13.1. The fraction of sp³-hybridized carbons (Fsp3) is 0.211. The maximum absolute atomic E-state index is 12.2. The van der Waals surface area contributed by atoms with Crippen molar-refractivity contribution in [2.75, 3.05) is 11.9 Å². The Hall–Kier alpha value is -3.55. The van der Waals surface area contributed by atoms with Crippen molar-refractivity contribution in [1.29, 1.82) is 0 Å². The van der Waals surface area contributed by atoms with Crippen molar-refractivity contribution in [3.63, 3.8) is 0 Å². The van der Waals surface area contributed by atoms with Crippen molar-refractivity contribution >= 4 is 17.5 Å². The average Bonchev–Trinajstić information content (AvgIpc) is 3.22. The molecule has 0 aliphatic heterocycles. The van der Waals surface area contributed by atoms with Crippen LogP contribution < -0.4 is 10.6 Å². The lowest BCUT2D eigenvalue weighted by atomic mass is 10.1. The van der Waals surface area contributed by atoms with E-state index in [2.05, 4.69) is 26.2 Å². The largest absolute Gasteiger partial charge is 0.352 e. The summed E-state index contributed by atoms with van der Waals surface area (Å²) < 4.78 is 1.52. The van der Waals surface area contributed by atoms with Gasteiger partial charge >= 0.3 is 0 Å². The van der Waals surface area contributed by atoms with Crippen molar-refractivity contribution in [3.8, 4) is 5.69 Å². The molecular weight excluding hydrogens is 344 g/mol. The van der Waals surface area contributed by atoms with Gasteiger partial charge in [-0.25, -0.2) is 4.68 Å². The standard InChI is InChI=1S/C19H20N6O2/c1-14-9-10-16(25-13-21-23-24-25)12-17(14)22-18(26)8-5-11-20-19(27)15-6-3-2-4-7-15/h2-4,6-7,9-10,12-13H,5,8,11H2,1H3,(H,20,27)(H,22,26). The van der Waals surface area contributed by atoms with E-state index < -0.39 is 0 Å². The molecule has 1 heterocycles. The van der Waals surface area contributed by atoms with E-state index in [1.807, 2.05) is 43.3 Å². The second-order valence-corrected chi connectivity index (χ2v) is 6.03. The number of benzene rings is 2. The molecule has 27 heavy (non-hydrogen) atoms. The van der Waals surface area contributed by atoms with Gasteiger partial charge in [0.15, 0.2) is 0 Å². The molecule has 3 rings (SSSR count). The van der Waals surface area contributed by atoms with Gasteiger partial charge in [0, 0.05) is 24.2 Å². The number of amides is 2. The summed E-state index contributed by atoms with van der Waals surface area (Å²) in [6.45, 7) is 2.35. The molecule has 8 heteroatoms. The summed E-state index contributed by atoms with van der Waals surface area (Å²) in [5.41, 5.74) is 3.02. The number of carbonyl (C=O) groups is 2. The topological polar surface area (TPSA) is 102 Å². The van der Waals surface area contributed by atoms with Gasteiger partial charge in [-0.2, -0.15) is 0 Å². The van der Waals surface area contributed by atoms with E-state index in [4.69, 9.17) is 0 Å². The quantitative estimate of drug-likeness (QED) is 0.625.